The number of hydrogen-bond donors (Lipinski definition) is 1. The maximum atomic E-state index is 12.5. The van der Waals surface area contributed by atoms with Crippen LogP contribution in [0.25, 0.3) is 0 Å². The zero-order valence-corrected chi connectivity index (χ0v) is 12.7. The van der Waals surface area contributed by atoms with Crippen LogP contribution in [0.15, 0.2) is 0 Å². The van der Waals surface area contributed by atoms with Crippen LogP contribution in [-0.4, -0.2) is 62.9 Å². The monoisotopic (exact) mass is 272 g/mol. The summed E-state index contributed by atoms with van der Waals surface area (Å²) in [6.45, 7) is 10.4. The predicted molar refractivity (Wildman–Crippen MR) is 75.1 cm³/mol. The van der Waals surface area contributed by atoms with Crippen LogP contribution >= 0.6 is 0 Å². The lowest BCUT2D eigenvalue weighted by Gasteiger charge is -2.43. The van der Waals surface area contributed by atoms with Crippen molar-refractivity contribution in [1.82, 2.24) is 10.2 Å². The zero-order chi connectivity index (χ0) is 14.3. The molecule has 1 aliphatic rings. The van der Waals surface area contributed by atoms with E-state index in [4.69, 9.17) is 9.47 Å². The fourth-order valence-electron chi connectivity index (χ4n) is 2.77. The fraction of sp³-hybridized carbons (Fsp3) is 0.929. The van der Waals surface area contributed by atoms with Crippen LogP contribution in [0.2, 0.25) is 0 Å². The van der Waals surface area contributed by atoms with Crippen LogP contribution < -0.4 is 5.32 Å². The van der Waals surface area contributed by atoms with E-state index in [9.17, 15) is 4.79 Å². The van der Waals surface area contributed by atoms with Gasteiger partial charge in [-0.3, -0.25) is 4.90 Å². The molecular formula is C14H28N2O3. The van der Waals surface area contributed by atoms with E-state index in [1.807, 2.05) is 6.92 Å². The highest BCUT2D eigenvalue weighted by Gasteiger charge is 2.48. The summed E-state index contributed by atoms with van der Waals surface area (Å²) in [6, 6.07) is 0. The number of nitrogens with one attached hydrogen (secondary N) is 1. The van der Waals surface area contributed by atoms with Gasteiger partial charge in [0.05, 0.1) is 13.2 Å². The van der Waals surface area contributed by atoms with Crippen molar-refractivity contribution < 1.29 is 14.3 Å². The Morgan fingerprint density at radius 1 is 1.37 bits per heavy atom. The minimum atomic E-state index is -0.670. The molecule has 1 aliphatic heterocycles. The molecule has 0 amide bonds. The van der Waals surface area contributed by atoms with Crippen LogP contribution in [0.4, 0.5) is 0 Å². The first kappa shape index (κ1) is 16.4. The summed E-state index contributed by atoms with van der Waals surface area (Å²) in [5.74, 6) is -0.0154. The number of hydrogen-bond acceptors (Lipinski definition) is 5. The molecule has 19 heavy (non-hydrogen) atoms. The normalized spacial score (nSPS) is 20.9. The maximum Gasteiger partial charge on any atom is 0.329 e. The lowest BCUT2D eigenvalue weighted by atomic mass is 9.84. The van der Waals surface area contributed by atoms with Gasteiger partial charge >= 0.3 is 5.97 Å². The van der Waals surface area contributed by atoms with Crippen LogP contribution in [0.1, 0.15) is 27.2 Å². The molecule has 1 heterocycles. The highest BCUT2D eigenvalue weighted by Crippen LogP contribution is 2.28. The molecule has 0 saturated carbocycles. The quantitative estimate of drug-likeness (QED) is 0.728. The number of ether oxygens (including phenoxy) is 2. The molecular weight excluding hydrogens is 244 g/mol. The Morgan fingerprint density at radius 2 is 2.11 bits per heavy atom. The van der Waals surface area contributed by atoms with Crippen molar-refractivity contribution in [3.8, 4) is 0 Å². The van der Waals surface area contributed by atoms with Crippen LogP contribution in [0.5, 0.6) is 0 Å². The number of carbonyl (C=O) groups excluding carboxylic acids is 1. The smallest absolute Gasteiger partial charge is 0.329 e. The van der Waals surface area contributed by atoms with Crippen molar-refractivity contribution in [3.63, 3.8) is 0 Å². The molecule has 0 bridgehead atoms. The highest BCUT2D eigenvalue weighted by atomic mass is 16.5. The van der Waals surface area contributed by atoms with Crippen molar-refractivity contribution in [2.24, 2.45) is 5.92 Å². The van der Waals surface area contributed by atoms with Crippen molar-refractivity contribution in [3.05, 3.63) is 0 Å². The number of carbonyl (C=O) groups is 1. The third-order valence-electron chi connectivity index (χ3n) is 3.85. The van der Waals surface area contributed by atoms with Gasteiger partial charge in [-0.2, -0.15) is 0 Å². The summed E-state index contributed by atoms with van der Waals surface area (Å²) in [4.78, 5) is 14.8. The van der Waals surface area contributed by atoms with E-state index < -0.39 is 5.54 Å². The van der Waals surface area contributed by atoms with Gasteiger partial charge in [0.25, 0.3) is 0 Å². The molecule has 5 heteroatoms. The second-order valence-corrected chi connectivity index (χ2v) is 5.32. The number of methoxy groups -OCH3 is 1. The van der Waals surface area contributed by atoms with Crippen molar-refractivity contribution in [2.75, 3.05) is 46.5 Å². The second-order valence-electron chi connectivity index (χ2n) is 5.32. The minimum absolute atomic E-state index is 0.143. The van der Waals surface area contributed by atoms with Gasteiger partial charge in [0.15, 0.2) is 0 Å². The molecule has 0 aliphatic carbocycles. The molecule has 1 unspecified atom stereocenters. The van der Waals surface area contributed by atoms with Gasteiger partial charge in [-0.1, -0.05) is 13.8 Å². The van der Waals surface area contributed by atoms with Gasteiger partial charge < -0.3 is 14.8 Å². The van der Waals surface area contributed by atoms with Gasteiger partial charge in [-0.15, -0.1) is 0 Å². The van der Waals surface area contributed by atoms with E-state index in [1.165, 1.54) is 0 Å². The van der Waals surface area contributed by atoms with Crippen LogP contribution in [0.3, 0.4) is 0 Å². The Kier molecular flexibility index (Phi) is 6.75. The highest BCUT2D eigenvalue weighted by molar-refractivity contribution is 5.81. The zero-order valence-electron chi connectivity index (χ0n) is 12.7. The SMILES string of the molecule is CCOC(=O)C(COC)(C(C)C)N1CCCNCC1. The largest absolute Gasteiger partial charge is 0.465 e. The predicted octanol–water partition coefficient (Wildman–Crippen LogP) is 0.886. The van der Waals surface area contributed by atoms with Gasteiger partial charge in [-0.25, -0.2) is 4.79 Å². The Bertz CT molecular complexity index is 276. The number of esters is 1. The van der Waals surface area contributed by atoms with Crippen LogP contribution in [0, 0.1) is 5.92 Å². The Hall–Kier alpha value is -0.650. The first-order chi connectivity index (χ1) is 9.09. The molecule has 1 saturated heterocycles. The van der Waals surface area contributed by atoms with Crippen molar-refractivity contribution >= 4 is 5.97 Å². The molecule has 0 aromatic rings. The molecule has 1 rings (SSSR count). The summed E-state index contributed by atoms with van der Waals surface area (Å²) in [6.07, 6.45) is 1.04. The van der Waals surface area contributed by atoms with E-state index in [0.717, 1.165) is 32.6 Å². The van der Waals surface area contributed by atoms with E-state index >= 15 is 0 Å². The van der Waals surface area contributed by atoms with Crippen LogP contribution in [-0.2, 0) is 14.3 Å². The van der Waals surface area contributed by atoms with Gasteiger partial charge in [-0.05, 0) is 25.8 Å². The summed E-state index contributed by atoms with van der Waals surface area (Å²) < 4.78 is 10.7. The summed E-state index contributed by atoms with van der Waals surface area (Å²) in [5, 5.41) is 3.37. The first-order valence-corrected chi connectivity index (χ1v) is 7.21. The van der Waals surface area contributed by atoms with E-state index in [-0.39, 0.29) is 11.9 Å². The number of rotatable bonds is 6. The van der Waals surface area contributed by atoms with Gasteiger partial charge in [0, 0.05) is 26.7 Å². The molecule has 0 aromatic heterocycles. The standard InChI is InChI=1S/C14H28N2O3/c1-5-19-13(17)14(11-18-4,12(2)3)16-9-6-7-15-8-10-16/h12,15H,5-11H2,1-4H3. The molecule has 1 fully saturated rings. The third-order valence-corrected chi connectivity index (χ3v) is 3.85. The van der Waals surface area contributed by atoms with E-state index in [2.05, 4.69) is 24.1 Å². The van der Waals surface area contributed by atoms with Crippen molar-refractivity contribution in [1.29, 1.82) is 0 Å². The topological polar surface area (TPSA) is 50.8 Å². The minimum Gasteiger partial charge on any atom is -0.465 e. The molecule has 1 atom stereocenters. The Labute approximate surface area is 116 Å². The van der Waals surface area contributed by atoms with Gasteiger partial charge in [0.2, 0.25) is 0 Å². The average molecular weight is 272 g/mol. The average Bonchev–Trinajstić information content (AvgIpc) is 2.64. The third kappa shape index (κ3) is 3.68. The lowest BCUT2D eigenvalue weighted by Crippen LogP contribution is -2.62. The second kappa shape index (κ2) is 7.82. The Balaban J connectivity index is 3.02. The summed E-state index contributed by atoms with van der Waals surface area (Å²) in [7, 11) is 1.65. The lowest BCUT2D eigenvalue weighted by molar-refractivity contribution is -0.166. The molecule has 1 N–H and O–H groups in total. The number of nitrogens with zero attached hydrogens (tertiary/aromatic N) is 1. The summed E-state index contributed by atoms with van der Waals surface area (Å²) >= 11 is 0. The molecule has 0 spiro atoms. The molecule has 0 radical (unpaired) electrons. The van der Waals surface area contributed by atoms with E-state index in [1.54, 1.807) is 7.11 Å². The van der Waals surface area contributed by atoms with E-state index in [0.29, 0.717) is 13.2 Å². The van der Waals surface area contributed by atoms with Crippen molar-refractivity contribution in [2.45, 2.75) is 32.7 Å². The fourth-order valence-corrected chi connectivity index (χ4v) is 2.77. The first-order valence-electron chi connectivity index (χ1n) is 7.21. The summed E-state index contributed by atoms with van der Waals surface area (Å²) in [5.41, 5.74) is -0.670. The molecule has 112 valence electrons. The van der Waals surface area contributed by atoms with Gasteiger partial charge in [0.1, 0.15) is 5.54 Å². The molecule has 5 nitrogen and oxygen atoms in total. The maximum absolute atomic E-state index is 12.5. The Morgan fingerprint density at radius 3 is 2.68 bits per heavy atom. The molecule has 0 aromatic carbocycles.